The highest BCUT2D eigenvalue weighted by atomic mass is 19.4. The van der Waals surface area contributed by atoms with Gasteiger partial charge < -0.3 is 33.7 Å². The van der Waals surface area contributed by atoms with Crippen LogP contribution < -0.4 is 5.32 Å². The molecule has 0 spiro atoms. The van der Waals surface area contributed by atoms with Crippen LogP contribution in [0.4, 0.5) is 13.2 Å². The van der Waals surface area contributed by atoms with Gasteiger partial charge in [0.25, 0.3) is 0 Å². The lowest BCUT2D eigenvalue weighted by Gasteiger charge is -2.45. The number of amides is 1. The molecule has 1 rings (SSSR count). The third kappa shape index (κ3) is 10.5. The number of rotatable bonds is 11. The zero-order valence-corrected chi connectivity index (χ0v) is 19.5. The van der Waals surface area contributed by atoms with E-state index in [4.69, 9.17) is 23.7 Å². The summed E-state index contributed by atoms with van der Waals surface area (Å²) in [5.41, 5.74) is 0. The summed E-state index contributed by atoms with van der Waals surface area (Å²) in [6, 6.07) is -1.77. The molecular weight excluding hydrogens is 487 g/mol. The molecule has 3 unspecified atom stereocenters. The van der Waals surface area contributed by atoms with Crippen LogP contribution in [0.3, 0.4) is 0 Å². The number of unbranched alkanes of at least 4 members (excludes halogenated alkanes) is 1. The SMILES string of the molecule is COC(=O)CCCCO[C@@H]1OC(COC(C)=O)[C@H](OC(C)=O)C(OC(C)=O)C1NC(=O)C(F)(F)F. The van der Waals surface area contributed by atoms with Gasteiger partial charge in [-0.3, -0.25) is 24.0 Å². The van der Waals surface area contributed by atoms with Crippen molar-refractivity contribution in [3.05, 3.63) is 0 Å². The number of methoxy groups -OCH3 is 1. The molecule has 0 aliphatic carbocycles. The molecule has 0 aromatic heterocycles. The fourth-order valence-corrected chi connectivity index (χ4v) is 3.10. The van der Waals surface area contributed by atoms with Crippen molar-refractivity contribution < 1.29 is 65.6 Å². The van der Waals surface area contributed by atoms with Crippen LogP contribution in [0.15, 0.2) is 0 Å². The summed E-state index contributed by atoms with van der Waals surface area (Å²) in [7, 11) is 1.21. The van der Waals surface area contributed by atoms with Crippen LogP contribution in [0.25, 0.3) is 0 Å². The van der Waals surface area contributed by atoms with Crippen molar-refractivity contribution in [1.29, 1.82) is 0 Å². The zero-order valence-electron chi connectivity index (χ0n) is 19.5. The Kier molecular flexibility index (Phi) is 11.9. The summed E-state index contributed by atoms with van der Waals surface area (Å²) in [5, 5.41) is 1.66. The standard InChI is InChI=1S/C20H28F3NO11/c1-10(25)32-9-13-16(33-11(2)26)17(34-12(3)27)15(24-19(29)20(21,22)23)18(35-13)31-8-6-5-7-14(28)30-4/h13,15-18H,5-9H2,1-4H3,(H,24,29)/t13?,15?,16-,17?,18+/m0/s1. The van der Waals surface area contributed by atoms with Gasteiger partial charge in [-0.15, -0.1) is 0 Å². The van der Waals surface area contributed by atoms with Gasteiger partial charge in [0.1, 0.15) is 18.8 Å². The van der Waals surface area contributed by atoms with Crippen LogP contribution in [0.2, 0.25) is 0 Å². The van der Waals surface area contributed by atoms with Crippen molar-refractivity contribution in [3.8, 4) is 0 Å². The van der Waals surface area contributed by atoms with E-state index in [1.165, 1.54) is 7.11 Å². The summed E-state index contributed by atoms with van der Waals surface area (Å²) in [4.78, 5) is 57.6. The van der Waals surface area contributed by atoms with Gasteiger partial charge in [0.15, 0.2) is 18.5 Å². The molecule has 12 nitrogen and oxygen atoms in total. The van der Waals surface area contributed by atoms with Gasteiger partial charge in [-0.2, -0.15) is 13.2 Å². The maximum atomic E-state index is 13.0. The number of carbonyl (C=O) groups is 5. The van der Waals surface area contributed by atoms with Crippen LogP contribution in [-0.2, 0) is 52.4 Å². The van der Waals surface area contributed by atoms with Crippen molar-refractivity contribution in [1.82, 2.24) is 5.32 Å². The molecule has 1 heterocycles. The average molecular weight is 515 g/mol. The first kappa shape index (κ1) is 30.1. The summed E-state index contributed by atoms with van der Waals surface area (Å²) >= 11 is 0. The molecule has 0 aromatic rings. The van der Waals surface area contributed by atoms with Gasteiger partial charge in [-0.05, 0) is 12.8 Å². The number of esters is 4. The Bertz CT molecular complexity index is 774. The summed E-state index contributed by atoms with van der Waals surface area (Å²) in [6.07, 6.45) is -10.9. The summed E-state index contributed by atoms with van der Waals surface area (Å²) in [5.74, 6) is -5.49. The van der Waals surface area contributed by atoms with Gasteiger partial charge in [-0.1, -0.05) is 0 Å². The molecule has 5 atom stereocenters. The molecule has 1 aliphatic rings. The molecule has 35 heavy (non-hydrogen) atoms. The normalized spacial score (nSPS) is 24.1. The third-order valence-electron chi connectivity index (χ3n) is 4.54. The zero-order chi connectivity index (χ0) is 26.8. The molecule has 0 radical (unpaired) electrons. The first-order valence-corrected chi connectivity index (χ1v) is 10.5. The Hall–Kier alpha value is -2.94. The minimum atomic E-state index is -5.31. The second-order valence-electron chi connectivity index (χ2n) is 7.39. The van der Waals surface area contributed by atoms with E-state index in [2.05, 4.69) is 4.74 Å². The highest BCUT2D eigenvalue weighted by molar-refractivity contribution is 5.82. The molecule has 0 saturated carbocycles. The Morgan fingerprint density at radius 3 is 2.03 bits per heavy atom. The monoisotopic (exact) mass is 515 g/mol. The van der Waals surface area contributed by atoms with Crippen molar-refractivity contribution in [2.24, 2.45) is 0 Å². The second-order valence-corrected chi connectivity index (χ2v) is 7.39. The summed E-state index contributed by atoms with van der Waals surface area (Å²) < 4.78 is 69.7. The molecular formula is C20H28F3NO11. The van der Waals surface area contributed by atoms with E-state index in [1.807, 2.05) is 0 Å². The number of hydrogen-bond acceptors (Lipinski definition) is 11. The largest absolute Gasteiger partial charge is 0.471 e. The Morgan fingerprint density at radius 2 is 1.51 bits per heavy atom. The molecule has 1 fully saturated rings. The van der Waals surface area contributed by atoms with Gasteiger partial charge in [0.2, 0.25) is 0 Å². The lowest BCUT2D eigenvalue weighted by Crippen LogP contribution is -2.67. The smallest absolute Gasteiger partial charge is 0.469 e. The van der Waals surface area contributed by atoms with Crippen LogP contribution >= 0.6 is 0 Å². The number of alkyl halides is 3. The van der Waals surface area contributed by atoms with Crippen molar-refractivity contribution in [2.75, 3.05) is 20.3 Å². The van der Waals surface area contributed by atoms with Gasteiger partial charge in [-0.25, -0.2) is 0 Å². The second kappa shape index (κ2) is 13.8. The Morgan fingerprint density at radius 1 is 0.914 bits per heavy atom. The molecule has 0 aromatic carbocycles. The topological polar surface area (TPSA) is 153 Å². The molecule has 1 N–H and O–H groups in total. The average Bonchev–Trinajstić information content (AvgIpc) is 2.74. The molecule has 15 heteroatoms. The van der Waals surface area contributed by atoms with Crippen LogP contribution in [0.5, 0.6) is 0 Å². The number of halogens is 3. The number of ether oxygens (including phenoxy) is 6. The highest BCUT2D eigenvalue weighted by Gasteiger charge is 2.53. The molecule has 200 valence electrons. The first-order chi connectivity index (χ1) is 16.3. The molecule has 1 saturated heterocycles. The van der Waals surface area contributed by atoms with E-state index in [0.717, 1.165) is 20.8 Å². The van der Waals surface area contributed by atoms with Crippen molar-refractivity contribution in [3.63, 3.8) is 0 Å². The first-order valence-electron chi connectivity index (χ1n) is 10.5. The van der Waals surface area contributed by atoms with E-state index in [0.29, 0.717) is 6.42 Å². The maximum absolute atomic E-state index is 13.0. The highest BCUT2D eigenvalue weighted by Crippen LogP contribution is 2.29. The van der Waals surface area contributed by atoms with Crippen molar-refractivity contribution in [2.45, 2.75) is 76.9 Å². The molecule has 1 amide bonds. The third-order valence-corrected chi connectivity index (χ3v) is 4.54. The van der Waals surface area contributed by atoms with Gasteiger partial charge >= 0.3 is 36.0 Å². The minimum absolute atomic E-state index is 0.0549. The number of nitrogens with one attached hydrogen (secondary N) is 1. The van der Waals surface area contributed by atoms with E-state index < -0.39 is 73.2 Å². The lowest BCUT2D eigenvalue weighted by molar-refractivity contribution is -0.279. The fraction of sp³-hybridized carbons (Fsp3) is 0.750. The van der Waals surface area contributed by atoms with E-state index in [1.54, 1.807) is 5.32 Å². The van der Waals surface area contributed by atoms with Gasteiger partial charge in [0.05, 0.1) is 7.11 Å². The van der Waals surface area contributed by atoms with Crippen LogP contribution in [0, 0.1) is 0 Å². The van der Waals surface area contributed by atoms with E-state index in [9.17, 15) is 37.1 Å². The fourth-order valence-electron chi connectivity index (χ4n) is 3.10. The maximum Gasteiger partial charge on any atom is 0.471 e. The Labute approximate surface area is 198 Å². The number of carbonyl (C=O) groups excluding carboxylic acids is 5. The van der Waals surface area contributed by atoms with E-state index >= 15 is 0 Å². The van der Waals surface area contributed by atoms with Gasteiger partial charge in [0, 0.05) is 33.8 Å². The minimum Gasteiger partial charge on any atom is -0.469 e. The van der Waals surface area contributed by atoms with E-state index in [-0.39, 0.29) is 19.4 Å². The predicted molar refractivity (Wildman–Crippen MR) is 106 cm³/mol. The number of hydrogen-bond donors (Lipinski definition) is 1. The summed E-state index contributed by atoms with van der Waals surface area (Å²) in [6.45, 7) is 2.33. The molecule has 0 bridgehead atoms. The lowest BCUT2D eigenvalue weighted by atomic mass is 9.96. The predicted octanol–water partition coefficient (Wildman–Crippen LogP) is 0.545. The quantitative estimate of drug-likeness (QED) is 0.233. The van der Waals surface area contributed by atoms with Crippen molar-refractivity contribution >= 4 is 29.8 Å². The Balaban J connectivity index is 3.23. The molecule has 1 aliphatic heterocycles. The van der Waals surface area contributed by atoms with Crippen LogP contribution in [-0.4, -0.2) is 86.9 Å². The van der Waals surface area contributed by atoms with Crippen LogP contribution in [0.1, 0.15) is 40.0 Å².